The van der Waals surface area contributed by atoms with E-state index in [0.29, 0.717) is 16.5 Å². The molecule has 0 spiro atoms. The van der Waals surface area contributed by atoms with Crippen molar-refractivity contribution in [3.05, 3.63) is 31.8 Å². The number of aromatic amines is 1. The van der Waals surface area contributed by atoms with Crippen molar-refractivity contribution >= 4 is 34.6 Å². The van der Waals surface area contributed by atoms with Crippen molar-refractivity contribution in [1.29, 1.82) is 0 Å². The standard InChI is InChI=1S/C5H5NO3S.C4H3NO3S/c1-9-5-6-2-3(10-5)4(7)8;6-3(7)2-1-5-4(8)9-2/h2H,1H3,(H,7,8);1H,(H,5,8)(H,6,7). The number of carbonyl (C=O) groups is 2. The normalized spacial score (nSPS) is 9.32. The van der Waals surface area contributed by atoms with Crippen LogP contribution in [0, 0.1) is 0 Å². The van der Waals surface area contributed by atoms with E-state index in [1.165, 1.54) is 19.5 Å². The van der Waals surface area contributed by atoms with Crippen molar-refractivity contribution in [1.82, 2.24) is 9.97 Å². The van der Waals surface area contributed by atoms with Gasteiger partial charge in [-0.15, -0.1) is 0 Å². The molecule has 8 nitrogen and oxygen atoms in total. The quantitative estimate of drug-likeness (QED) is 0.770. The van der Waals surface area contributed by atoms with Gasteiger partial charge in [-0.2, -0.15) is 0 Å². The van der Waals surface area contributed by atoms with Gasteiger partial charge in [0.15, 0.2) is 0 Å². The lowest BCUT2D eigenvalue weighted by Crippen LogP contribution is -1.90. The molecule has 0 amide bonds. The predicted octanol–water partition coefficient (Wildman–Crippen LogP) is 0.984. The summed E-state index contributed by atoms with van der Waals surface area (Å²) < 4.78 is 4.69. The van der Waals surface area contributed by atoms with Gasteiger partial charge in [0.1, 0.15) is 9.75 Å². The highest BCUT2D eigenvalue weighted by Gasteiger charge is 2.07. The van der Waals surface area contributed by atoms with Gasteiger partial charge in [-0.3, -0.25) is 4.79 Å². The number of rotatable bonds is 3. The second kappa shape index (κ2) is 6.66. The topological polar surface area (TPSA) is 130 Å². The van der Waals surface area contributed by atoms with E-state index < -0.39 is 11.9 Å². The van der Waals surface area contributed by atoms with Gasteiger partial charge in [0, 0.05) is 6.20 Å². The number of methoxy groups -OCH3 is 1. The summed E-state index contributed by atoms with van der Waals surface area (Å²) in [5.41, 5.74) is 0. The highest BCUT2D eigenvalue weighted by molar-refractivity contribution is 7.15. The van der Waals surface area contributed by atoms with Gasteiger partial charge in [-0.25, -0.2) is 14.6 Å². The van der Waals surface area contributed by atoms with E-state index in [2.05, 4.69) is 14.7 Å². The van der Waals surface area contributed by atoms with Crippen molar-refractivity contribution < 1.29 is 24.5 Å². The van der Waals surface area contributed by atoms with Gasteiger partial charge in [0.2, 0.25) is 0 Å². The molecule has 0 unspecified atom stereocenters. The molecule has 2 rings (SSSR count). The van der Waals surface area contributed by atoms with Crippen LogP contribution in [-0.4, -0.2) is 39.2 Å². The fraction of sp³-hybridized carbons (Fsp3) is 0.111. The van der Waals surface area contributed by atoms with Crippen LogP contribution in [0.4, 0.5) is 0 Å². The molecule has 0 fully saturated rings. The van der Waals surface area contributed by atoms with E-state index in [-0.39, 0.29) is 14.6 Å². The summed E-state index contributed by atoms with van der Waals surface area (Å²) in [6.45, 7) is 0. The van der Waals surface area contributed by atoms with Crippen molar-refractivity contribution in [2.24, 2.45) is 0 Å². The van der Waals surface area contributed by atoms with E-state index in [9.17, 15) is 14.4 Å². The molecule has 2 aromatic heterocycles. The summed E-state index contributed by atoms with van der Waals surface area (Å²) in [7, 11) is 1.45. The summed E-state index contributed by atoms with van der Waals surface area (Å²) in [5.74, 6) is -2.04. The molecule has 3 N–H and O–H groups in total. The molecule has 10 heteroatoms. The van der Waals surface area contributed by atoms with E-state index >= 15 is 0 Å². The first-order valence-electron chi connectivity index (χ1n) is 4.59. The van der Waals surface area contributed by atoms with Gasteiger partial charge in [-0.1, -0.05) is 22.7 Å². The van der Waals surface area contributed by atoms with E-state index in [1.807, 2.05) is 0 Å². The van der Waals surface area contributed by atoms with Crippen molar-refractivity contribution in [3.8, 4) is 5.19 Å². The summed E-state index contributed by atoms with van der Waals surface area (Å²) in [6, 6.07) is 0. The lowest BCUT2D eigenvalue weighted by Gasteiger charge is -1.85. The second-order valence-corrected chi connectivity index (χ2v) is 4.86. The zero-order chi connectivity index (χ0) is 14.4. The number of nitrogens with zero attached hydrogens (tertiary/aromatic N) is 1. The highest BCUT2D eigenvalue weighted by atomic mass is 32.1. The van der Waals surface area contributed by atoms with Crippen molar-refractivity contribution in [3.63, 3.8) is 0 Å². The number of ether oxygens (including phenoxy) is 1. The largest absolute Gasteiger partial charge is 0.477 e. The molecule has 0 saturated heterocycles. The first-order chi connectivity index (χ1) is 8.93. The number of aromatic carboxylic acids is 2. The maximum Gasteiger partial charge on any atom is 0.347 e. The number of carboxylic acids is 2. The van der Waals surface area contributed by atoms with Gasteiger partial charge in [0.25, 0.3) is 5.19 Å². The maximum atomic E-state index is 10.3. The molecule has 0 saturated carbocycles. The summed E-state index contributed by atoms with van der Waals surface area (Å²) in [6.07, 6.45) is 2.45. The van der Waals surface area contributed by atoms with Crippen LogP contribution in [-0.2, 0) is 0 Å². The Morgan fingerprint density at radius 3 is 2.16 bits per heavy atom. The molecular formula is C9H8N2O6S2. The van der Waals surface area contributed by atoms with Gasteiger partial charge < -0.3 is 19.9 Å². The van der Waals surface area contributed by atoms with Gasteiger partial charge in [0.05, 0.1) is 13.3 Å². The molecule has 0 aromatic carbocycles. The van der Waals surface area contributed by atoms with Crippen LogP contribution in [0.3, 0.4) is 0 Å². The third-order valence-corrected chi connectivity index (χ3v) is 3.37. The molecular weight excluding hydrogens is 296 g/mol. The summed E-state index contributed by atoms with van der Waals surface area (Å²) in [5, 5.41) is 17.0. The smallest absolute Gasteiger partial charge is 0.347 e. The number of hydrogen-bond acceptors (Lipinski definition) is 7. The number of H-pyrrole nitrogens is 1. The fourth-order valence-electron chi connectivity index (χ4n) is 0.840. The average Bonchev–Trinajstić information content (AvgIpc) is 2.97. The van der Waals surface area contributed by atoms with Gasteiger partial charge in [-0.05, 0) is 0 Å². The lowest BCUT2D eigenvalue weighted by atomic mass is 10.6. The number of hydrogen-bond donors (Lipinski definition) is 3. The summed E-state index contributed by atoms with van der Waals surface area (Å²) >= 11 is 1.69. The Hall–Kier alpha value is -2.20. The van der Waals surface area contributed by atoms with Crippen LogP contribution in [0.25, 0.3) is 0 Å². The third-order valence-electron chi connectivity index (χ3n) is 1.60. The molecule has 2 heterocycles. The molecule has 19 heavy (non-hydrogen) atoms. The average molecular weight is 304 g/mol. The lowest BCUT2D eigenvalue weighted by molar-refractivity contribution is 0.0691. The molecule has 0 aliphatic heterocycles. The predicted molar refractivity (Wildman–Crippen MR) is 67.5 cm³/mol. The molecule has 0 atom stereocenters. The Bertz CT molecular complexity index is 628. The van der Waals surface area contributed by atoms with E-state index in [0.717, 1.165) is 11.3 Å². The fourth-order valence-corrected chi connectivity index (χ4v) is 1.93. The van der Waals surface area contributed by atoms with Crippen LogP contribution in [0.2, 0.25) is 0 Å². The summed E-state index contributed by atoms with van der Waals surface area (Å²) in [4.78, 5) is 36.4. The molecule has 0 radical (unpaired) electrons. The van der Waals surface area contributed by atoms with Crippen LogP contribution in [0.5, 0.6) is 5.19 Å². The third kappa shape index (κ3) is 4.52. The minimum absolute atomic E-state index is 0.0417. The van der Waals surface area contributed by atoms with Crippen LogP contribution < -0.4 is 9.61 Å². The van der Waals surface area contributed by atoms with Gasteiger partial charge >= 0.3 is 16.8 Å². The number of aromatic nitrogens is 2. The zero-order valence-electron chi connectivity index (χ0n) is 9.45. The highest BCUT2D eigenvalue weighted by Crippen LogP contribution is 2.19. The first-order valence-corrected chi connectivity index (χ1v) is 6.22. The Morgan fingerprint density at radius 2 is 1.89 bits per heavy atom. The second-order valence-electron chi connectivity index (χ2n) is 2.85. The van der Waals surface area contributed by atoms with Crippen LogP contribution >= 0.6 is 22.7 Å². The minimum atomic E-state index is -1.07. The minimum Gasteiger partial charge on any atom is -0.477 e. The Morgan fingerprint density at radius 1 is 1.26 bits per heavy atom. The monoisotopic (exact) mass is 304 g/mol. The molecule has 0 aliphatic rings. The zero-order valence-corrected chi connectivity index (χ0v) is 11.1. The van der Waals surface area contributed by atoms with E-state index in [1.54, 1.807) is 0 Å². The SMILES string of the molecule is COc1ncc(C(=O)O)s1.O=C(O)c1c[nH]c(=O)s1. The Balaban J connectivity index is 0.000000191. The Labute approximate surface area is 113 Å². The van der Waals surface area contributed by atoms with E-state index in [4.69, 9.17) is 10.2 Å². The molecule has 2 aromatic rings. The number of thiazole rings is 2. The molecule has 0 bridgehead atoms. The van der Waals surface area contributed by atoms with Crippen LogP contribution in [0.15, 0.2) is 17.2 Å². The van der Waals surface area contributed by atoms with Crippen molar-refractivity contribution in [2.75, 3.05) is 7.11 Å². The van der Waals surface area contributed by atoms with Crippen molar-refractivity contribution in [2.45, 2.75) is 0 Å². The molecule has 0 aliphatic carbocycles. The number of nitrogens with one attached hydrogen (secondary N) is 1. The number of carboxylic acid groups (broad SMARTS) is 2. The van der Waals surface area contributed by atoms with Crippen LogP contribution in [0.1, 0.15) is 19.3 Å². The Kier molecular flexibility index (Phi) is 5.21. The molecule has 102 valence electrons. The first kappa shape index (κ1) is 14.9. The maximum absolute atomic E-state index is 10.3.